The summed E-state index contributed by atoms with van der Waals surface area (Å²) < 4.78 is 10.1. The van der Waals surface area contributed by atoms with Gasteiger partial charge in [0.1, 0.15) is 5.75 Å². The van der Waals surface area contributed by atoms with Crippen LogP contribution in [0.5, 0.6) is 5.75 Å². The zero-order valence-corrected chi connectivity index (χ0v) is 11.1. The summed E-state index contributed by atoms with van der Waals surface area (Å²) in [5.41, 5.74) is 1.24. The fraction of sp³-hybridized carbons (Fsp3) is 0.500. The van der Waals surface area contributed by atoms with Gasteiger partial charge in [0.2, 0.25) is 0 Å². The normalized spacial score (nSPS) is 13.0. The lowest BCUT2D eigenvalue weighted by atomic mass is 9.87. The molecular weight excluding hydrogens is 216 g/mol. The van der Waals surface area contributed by atoms with E-state index in [4.69, 9.17) is 4.74 Å². The van der Waals surface area contributed by atoms with Gasteiger partial charge < -0.3 is 9.47 Å². The smallest absolute Gasteiger partial charge is 0.346 e. The van der Waals surface area contributed by atoms with E-state index in [0.29, 0.717) is 5.75 Å². The maximum atomic E-state index is 11.3. The first-order valence-electron chi connectivity index (χ1n) is 5.69. The third kappa shape index (κ3) is 3.77. The van der Waals surface area contributed by atoms with E-state index in [0.717, 1.165) is 0 Å². The standard InChI is InChI=1S/C14H20O3/c1-10(13(15)16-5)17-12-8-6-7-11(9-12)14(2,3)4/h6-10H,1-5H3. The van der Waals surface area contributed by atoms with Crippen LogP contribution in [0.3, 0.4) is 0 Å². The van der Waals surface area contributed by atoms with Crippen LogP contribution >= 0.6 is 0 Å². The number of hydrogen-bond donors (Lipinski definition) is 0. The molecule has 0 amide bonds. The second-order valence-corrected chi connectivity index (χ2v) is 5.06. The molecule has 1 rings (SSSR count). The highest BCUT2D eigenvalue weighted by Gasteiger charge is 2.17. The Kier molecular flexibility index (Phi) is 4.16. The molecule has 94 valence electrons. The lowest BCUT2D eigenvalue weighted by Gasteiger charge is -2.20. The molecule has 3 nitrogen and oxygen atoms in total. The van der Waals surface area contributed by atoms with E-state index in [9.17, 15) is 4.79 Å². The fourth-order valence-corrected chi connectivity index (χ4v) is 1.45. The Bertz CT molecular complexity index is 391. The van der Waals surface area contributed by atoms with Crippen molar-refractivity contribution in [1.82, 2.24) is 0 Å². The van der Waals surface area contributed by atoms with E-state index in [-0.39, 0.29) is 11.4 Å². The van der Waals surface area contributed by atoms with Crippen molar-refractivity contribution in [2.75, 3.05) is 7.11 Å². The zero-order valence-electron chi connectivity index (χ0n) is 11.1. The number of methoxy groups -OCH3 is 1. The van der Waals surface area contributed by atoms with E-state index in [1.807, 2.05) is 18.2 Å². The average Bonchev–Trinajstić information content (AvgIpc) is 2.27. The minimum atomic E-state index is -0.588. The summed E-state index contributed by atoms with van der Waals surface area (Å²) >= 11 is 0. The largest absolute Gasteiger partial charge is 0.479 e. The molecule has 0 heterocycles. The Morgan fingerprint density at radius 1 is 1.29 bits per heavy atom. The highest BCUT2D eigenvalue weighted by atomic mass is 16.6. The van der Waals surface area contributed by atoms with Crippen molar-refractivity contribution in [3.63, 3.8) is 0 Å². The van der Waals surface area contributed by atoms with E-state index in [1.165, 1.54) is 12.7 Å². The van der Waals surface area contributed by atoms with Gasteiger partial charge in [0, 0.05) is 0 Å². The molecule has 1 atom stereocenters. The number of carbonyl (C=O) groups excluding carboxylic acids is 1. The number of ether oxygens (including phenoxy) is 2. The first kappa shape index (κ1) is 13.6. The van der Waals surface area contributed by atoms with Crippen LogP contribution in [-0.2, 0) is 14.9 Å². The molecule has 17 heavy (non-hydrogen) atoms. The summed E-state index contributed by atoms with van der Waals surface area (Å²) in [6.45, 7) is 8.08. The zero-order chi connectivity index (χ0) is 13.1. The average molecular weight is 236 g/mol. The maximum Gasteiger partial charge on any atom is 0.346 e. The van der Waals surface area contributed by atoms with Crippen LogP contribution in [0.15, 0.2) is 24.3 Å². The first-order valence-corrected chi connectivity index (χ1v) is 5.69. The van der Waals surface area contributed by atoms with Gasteiger partial charge in [-0.25, -0.2) is 4.79 Å². The second kappa shape index (κ2) is 5.21. The molecule has 3 heteroatoms. The van der Waals surface area contributed by atoms with Crippen LogP contribution < -0.4 is 4.74 Å². The summed E-state index contributed by atoms with van der Waals surface area (Å²) in [7, 11) is 1.35. The molecule has 0 aliphatic carbocycles. The van der Waals surface area contributed by atoms with E-state index < -0.39 is 6.10 Å². The minimum Gasteiger partial charge on any atom is -0.479 e. The topological polar surface area (TPSA) is 35.5 Å². The van der Waals surface area contributed by atoms with Crippen molar-refractivity contribution in [3.8, 4) is 5.75 Å². The second-order valence-electron chi connectivity index (χ2n) is 5.06. The Morgan fingerprint density at radius 3 is 2.47 bits per heavy atom. The van der Waals surface area contributed by atoms with Crippen LogP contribution in [0.2, 0.25) is 0 Å². The van der Waals surface area contributed by atoms with Crippen molar-refractivity contribution in [2.45, 2.75) is 39.2 Å². The number of rotatable bonds is 3. The predicted molar refractivity (Wildman–Crippen MR) is 67.2 cm³/mol. The molecular formula is C14H20O3. The van der Waals surface area contributed by atoms with Crippen molar-refractivity contribution in [1.29, 1.82) is 0 Å². The van der Waals surface area contributed by atoms with E-state index in [1.54, 1.807) is 6.92 Å². The molecule has 0 aliphatic rings. The third-order valence-electron chi connectivity index (χ3n) is 2.55. The van der Waals surface area contributed by atoms with E-state index in [2.05, 4.69) is 31.6 Å². The lowest BCUT2D eigenvalue weighted by molar-refractivity contribution is -0.147. The van der Waals surface area contributed by atoms with Crippen molar-refractivity contribution in [3.05, 3.63) is 29.8 Å². The number of esters is 1. The summed E-state index contributed by atoms with van der Waals surface area (Å²) in [5.74, 6) is 0.321. The van der Waals surface area contributed by atoms with Crippen molar-refractivity contribution >= 4 is 5.97 Å². The molecule has 1 aromatic rings. The molecule has 0 bridgehead atoms. The van der Waals surface area contributed by atoms with Gasteiger partial charge >= 0.3 is 5.97 Å². The van der Waals surface area contributed by atoms with Gasteiger partial charge in [0.25, 0.3) is 0 Å². The molecule has 0 radical (unpaired) electrons. The van der Waals surface area contributed by atoms with Gasteiger partial charge in [-0.15, -0.1) is 0 Å². The van der Waals surface area contributed by atoms with Gasteiger partial charge in [-0.1, -0.05) is 32.9 Å². The fourth-order valence-electron chi connectivity index (χ4n) is 1.45. The Morgan fingerprint density at radius 2 is 1.94 bits per heavy atom. The molecule has 0 fully saturated rings. The first-order chi connectivity index (χ1) is 7.84. The molecule has 0 spiro atoms. The van der Waals surface area contributed by atoms with Crippen molar-refractivity contribution in [2.24, 2.45) is 0 Å². The molecule has 0 saturated carbocycles. The van der Waals surface area contributed by atoms with Crippen LogP contribution in [0.4, 0.5) is 0 Å². The van der Waals surface area contributed by atoms with Gasteiger partial charge in [0.15, 0.2) is 6.10 Å². The highest BCUT2D eigenvalue weighted by molar-refractivity contribution is 5.74. The van der Waals surface area contributed by atoms with Gasteiger partial charge in [-0.2, -0.15) is 0 Å². The molecule has 1 unspecified atom stereocenters. The quantitative estimate of drug-likeness (QED) is 0.757. The number of hydrogen-bond acceptors (Lipinski definition) is 3. The van der Waals surface area contributed by atoms with Crippen molar-refractivity contribution < 1.29 is 14.3 Å². The molecule has 0 aromatic heterocycles. The Hall–Kier alpha value is -1.51. The third-order valence-corrected chi connectivity index (χ3v) is 2.55. The minimum absolute atomic E-state index is 0.0634. The molecule has 0 saturated heterocycles. The van der Waals surface area contributed by atoms with Crippen LogP contribution in [0.25, 0.3) is 0 Å². The summed E-state index contributed by atoms with van der Waals surface area (Å²) in [5, 5.41) is 0. The highest BCUT2D eigenvalue weighted by Crippen LogP contribution is 2.26. The molecule has 0 aliphatic heterocycles. The SMILES string of the molecule is COC(=O)C(C)Oc1cccc(C(C)(C)C)c1. The molecule has 0 N–H and O–H groups in total. The van der Waals surface area contributed by atoms with Crippen LogP contribution in [0.1, 0.15) is 33.3 Å². The maximum absolute atomic E-state index is 11.3. The van der Waals surface area contributed by atoms with Gasteiger partial charge in [-0.3, -0.25) is 0 Å². The number of benzene rings is 1. The van der Waals surface area contributed by atoms with Gasteiger partial charge in [-0.05, 0) is 30.0 Å². The number of carbonyl (C=O) groups is 1. The summed E-state index contributed by atoms with van der Waals surface area (Å²) in [6.07, 6.45) is -0.588. The van der Waals surface area contributed by atoms with Crippen LogP contribution in [-0.4, -0.2) is 19.2 Å². The van der Waals surface area contributed by atoms with E-state index >= 15 is 0 Å². The lowest BCUT2D eigenvalue weighted by Crippen LogP contribution is -2.25. The Labute approximate surface area is 103 Å². The van der Waals surface area contributed by atoms with Gasteiger partial charge in [0.05, 0.1) is 7.11 Å². The summed E-state index contributed by atoms with van der Waals surface area (Å²) in [4.78, 5) is 11.3. The monoisotopic (exact) mass is 236 g/mol. The molecule has 1 aromatic carbocycles. The predicted octanol–water partition coefficient (Wildman–Crippen LogP) is 2.92. The summed E-state index contributed by atoms with van der Waals surface area (Å²) in [6, 6.07) is 7.78. The van der Waals surface area contributed by atoms with Crippen LogP contribution in [0, 0.1) is 0 Å². The Balaban J connectivity index is 2.83.